The van der Waals surface area contributed by atoms with Gasteiger partial charge in [-0.1, -0.05) is 0 Å². The molecule has 1 aliphatic rings. The predicted molar refractivity (Wildman–Crippen MR) is 102 cm³/mol. The number of rotatable bonds is 3. The molecule has 8 nitrogen and oxygen atoms in total. The number of carbonyl (C=O) groups excluding carboxylic acids is 1. The molecule has 0 atom stereocenters. The van der Waals surface area contributed by atoms with E-state index in [9.17, 15) is 22.4 Å². The Morgan fingerprint density at radius 3 is 2.42 bits per heavy atom. The van der Waals surface area contributed by atoms with Gasteiger partial charge in [0.15, 0.2) is 5.82 Å². The predicted octanol–water partition coefficient (Wildman–Crippen LogP) is 2.71. The Morgan fingerprint density at radius 1 is 1.19 bits per heavy atom. The molecule has 0 radical (unpaired) electrons. The van der Waals surface area contributed by atoms with Crippen molar-refractivity contribution >= 4 is 17.7 Å². The van der Waals surface area contributed by atoms with Crippen LogP contribution < -0.4 is 5.32 Å². The molecule has 3 rings (SSSR count). The number of halogens is 4. The highest BCUT2D eigenvalue weighted by Crippen LogP contribution is 2.22. The monoisotopic (exact) mass is 443 g/mol. The Bertz CT molecular complexity index is 937. The first-order valence-electron chi connectivity index (χ1n) is 9.29. The number of nitrogens with zero attached hydrogens (tertiary/aromatic N) is 4. The number of pyridine rings is 1. The van der Waals surface area contributed by atoms with Crippen LogP contribution in [0.5, 0.6) is 0 Å². The molecule has 0 unspecified atom stereocenters. The number of aromatic nitrogens is 3. The maximum atomic E-state index is 13.8. The summed E-state index contributed by atoms with van der Waals surface area (Å²) < 4.78 is 45.6. The second kappa shape index (κ2) is 10.1. The zero-order valence-electron chi connectivity index (χ0n) is 16.8. The van der Waals surface area contributed by atoms with Gasteiger partial charge in [-0.25, -0.2) is 19.2 Å². The fourth-order valence-corrected chi connectivity index (χ4v) is 2.85. The Hall–Kier alpha value is -3.31. The van der Waals surface area contributed by atoms with Crippen molar-refractivity contribution < 1.29 is 32.3 Å². The Balaban J connectivity index is 0.000000423. The third kappa shape index (κ3) is 6.59. The molecule has 1 amide bonds. The molecule has 12 heteroatoms. The lowest BCUT2D eigenvalue weighted by atomic mass is 10.1. The highest BCUT2D eigenvalue weighted by Gasteiger charge is 2.38. The summed E-state index contributed by atoms with van der Waals surface area (Å²) in [5.41, 5.74) is 2.04. The van der Waals surface area contributed by atoms with E-state index in [2.05, 4.69) is 20.3 Å². The van der Waals surface area contributed by atoms with E-state index in [0.29, 0.717) is 25.9 Å². The maximum absolute atomic E-state index is 13.8. The van der Waals surface area contributed by atoms with Crippen molar-refractivity contribution in [3.63, 3.8) is 0 Å². The highest BCUT2D eigenvalue weighted by atomic mass is 19.4. The van der Waals surface area contributed by atoms with Crippen LogP contribution >= 0.6 is 0 Å². The Kier molecular flexibility index (Phi) is 7.83. The van der Waals surface area contributed by atoms with E-state index in [0.717, 1.165) is 23.3 Å². The van der Waals surface area contributed by atoms with Gasteiger partial charge in [-0.15, -0.1) is 0 Å². The van der Waals surface area contributed by atoms with Crippen LogP contribution in [-0.2, 0) is 17.6 Å². The molecule has 0 bridgehead atoms. The number of carbonyl (C=O) groups is 2. The van der Waals surface area contributed by atoms with Crippen LogP contribution in [0.4, 0.5) is 23.4 Å². The highest BCUT2D eigenvalue weighted by molar-refractivity contribution is 5.94. The first kappa shape index (κ1) is 24.0. The Labute approximate surface area is 175 Å². The van der Waals surface area contributed by atoms with Gasteiger partial charge in [0, 0.05) is 37.3 Å². The van der Waals surface area contributed by atoms with E-state index in [1.54, 1.807) is 11.2 Å². The van der Waals surface area contributed by atoms with E-state index < -0.39 is 18.0 Å². The van der Waals surface area contributed by atoms with Gasteiger partial charge in [-0.3, -0.25) is 9.78 Å². The van der Waals surface area contributed by atoms with Gasteiger partial charge in [0.1, 0.15) is 12.1 Å². The summed E-state index contributed by atoms with van der Waals surface area (Å²) in [5.74, 6) is -2.84. The van der Waals surface area contributed by atoms with Crippen molar-refractivity contribution in [3.8, 4) is 0 Å². The second-order valence-corrected chi connectivity index (χ2v) is 6.90. The van der Waals surface area contributed by atoms with Crippen LogP contribution in [0.25, 0.3) is 0 Å². The number of aliphatic carboxylic acids is 1. The zero-order chi connectivity index (χ0) is 23.2. The third-order valence-corrected chi connectivity index (χ3v) is 4.24. The molecule has 2 aromatic heterocycles. The minimum atomic E-state index is -5.08. The van der Waals surface area contributed by atoms with Crippen LogP contribution in [0, 0.1) is 5.82 Å². The van der Waals surface area contributed by atoms with Gasteiger partial charge >= 0.3 is 12.1 Å². The fraction of sp³-hybridized carbons (Fsp3) is 0.421. The van der Waals surface area contributed by atoms with Gasteiger partial charge in [0.25, 0.3) is 5.91 Å². The molecular formula is C19H21F4N5O3. The van der Waals surface area contributed by atoms with Crippen molar-refractivity contribution in [2.45, 2.75) is 38.9 Å². The van der Waals surface area contributed by atoms with E-state index in [1.165, 1.54) is 12.3 Å². The van der Waals surface area contributed by atoms with Crippen molar-refractivity contribution in [3.05, 3.63) is 47.4 Å². The minimum Gasteiger partial charge on any atom is -0.475 e. The topological polar surface area (TPSA) is 108 Å². The van der Waals surface area contributed by atoms with E-state index in [4.69, 9.17) is 9.90 Å². The molecular weight excluding hydrogens is 422 g/mol. The first-order valence-corrected chi connectivity index (χ1v) is 9.29. The summed E-state index contributed by atoms with van der Waals surface area (Å²) in [7, 11) is 0. The average molecular weight is 443 g/mol. The van der Waals surface area contributed by atoms with Crippen molar-refractivity contribution in [1.29, 1.82) is 0 Å². The number of alkyl halides is 3. The molecule has 0 aliphatic carbocycles. The molecule has 2 N–H and O–H groups in total. The zero-order valence-corrected chi connectivity index (χ0v) is 16.8. The van der Waals surface area contributed by atoms with Gasteiger partial charge in [0.05, 0.1) is 17.5 Å². The number of carboxylic acid groups (broad SMARTS) is 1. The number of carboxylic acids is 1. The van der Waals surface area contributed by atoms with Crippen molar-refractivity contribution in [2.24, 2.45) is 0 Å². The fourth-order valence-electron chi connectivity index (χ4n) is 2.85. The smallest absolute Gasteiger partial charge is 0.475 e. The molecule has 0 spiro atoms. The summed E-state index contributed by atoms with van der Waals surface area (Å²) in [6.45, 7) is 5.11. The number of hydrogen-bond acceptors (Lipinski definition) is 6. The van der Waals surface area contributed by atoms with E-state index >= 15 is 0 Å². The lowest BCUT2D eigenvalue weighted by Crippen LogP contribution is -2.34. The largest absolute Gasteiger partial charge is 0.490 e. The molecule has 3 heterocycles. The van der Waals surface area contributed by atoms with Gasteiger partial charge in [-0.2, -0.15) is 13.2 Å². The lowest BCUT2D eigenvalue weighted by Gasteiger charge is -2.20. The second-order valence-electron chi connectivity index (χ2n) is 6.90. The SMILES string of the molecule is CC(C)Nc1ncnc2c1CCN(C(=O)c1ccncc1F)CC2.O=C(O)C(F)(F)F. The third-order valence-electron chi connectivity index (χ3n) is 4.24. The molecule has 0 saturated carbocycles. The first-order chi connectivity index (χ1) is 14.5. The quantitative estimate of drug-likeness (QED) is 0.703. The summed E-state index contributed by atoms with van der Waals surface area (Å²) >= 11 is 0. The van der Waals surface area contributed by atoms with E-state index in [1.807, 2.05) is 13.8 Å². The normalized spacial score (nSPS) is 13.6. The molecule has 1 aliphatic heterocycles. The maximum Gasteiger partial charge on any atom is 0.490 e. The number of anilines is 1. The van der Waals surface area contributed by atoms with Crippen LogP contribution in [0.1, 0.15) is 35.5 Å². The number of fused-ring (bicyclic) bond motifs is 1. The number of nitrogens with one attached hydrogen (secondary N) is 1. The Morgan fingerprint density at radius 2 is 1.84 bits per heavy atom. The van der Waals surface area contributed by atoms with Crippen LogP contribution in [0.3, 0.4) is 0 Å². The lowest BCUT2D eigenvalue weighted by molar-refractivity contribution is -0.192. The minimum absolute atomic E-state index is 0.0579. The van der Waals surface area contributed by atoms with Crippen molar-refractivity contribution in [2.75, 3.05) is 18.4 Å². The van der Waals surface area contributed by atoms with Crippen LogP contribution in [-0.4, -0.2) is 62.1 Å². The van der Waals surface area contributed by atoms with Gasteiger partial charge < -0.3 is 15.3 Å². The summed E-state index contributed by atoms with van der Waals surface area (Å²) in [4.78, 5) is 35.5. The standard InChI is InChI=1S/C17H20FN5O.C2HF3O2/c1-11(2)22-16-13-4-7-23(8-5-15(13)20-10-21-16)17(24)12-3-6-19-9-14(12)18;3-2(4,5)1(6)7/h3,6,9-11H,4-5,7-8H2,1-2H3,(H,20,21,22);(H,6,7). The number of amides is 1. The summed E-state index contributed by atoms with van der Waals surface area (Å²) in [6.07, 6.45) is 0.227. The van der Waals surface area contributed by atoms with E-state index in [-0.39, 0.29) is 17.5 Å². The van der Waals surface area contributed by atoms with Crippen molar-refractivity contribution in [1.82, 2.24) is 19.9 Å². The van der Waals surface area contributed by atoms with Crippen LogP contribution in [0.15, 0.2) is 24.8 Å². The molecule has 0 saturated heterocycles. The summed E-state index contributed by atoms with van der Waals surface area (Å²) in [6, 6.07) is 1.68. The number of hydrogen-bond donors (Lipinski definition) is 2. The molecule has 0 aromatic carbocycles. The molecule has 2 aromatic rings. The summed E-state index contributed by atoms with van der Waals surface area (Å²) in [5, 5.41) is 10.4. The molecule has 0 fully saturated rings. The average Bonchev–Trinajstić information content (AvgIpc) is 2.91. The molecule has 168 valence electrons. The van der Waals surface area contributed by atoms with Gasteiger partial charge in [0.2, 0.25) is 0 Å². The van der Waals surface area contributed by atoms with Crippen LogP contribution in [0.2, 0.25) is 0 Å². The molecule has 31 heavy (non-hydrogen) atoms. The van der Waals surface area contributed by atoms with Gasteiger partial charge in [-0.05, 0) is 26.3 Å².